The van der Waals surface area contributed by atoms with Crippen LogP contribution < -0.4 is 19.7 Å². The molecule has 2 aliphatic rings. The molecule has 3 aromatic carbocycles. The van der Waals surface area contributed by atoms with Crippen LogP contribution >= 0.6 is 0 Å². The van der Waals surface area contributed by atoms with Crippen molar-refractivity contribution in [1.82, 2.24) is 4.90 Å². The topological polar surface area (TPSA) is 83.5 Å². The lowest BCUT2D eigenvalue weighted by Gasteiger charge is -2.31. The number of carbonyl (C=O) groups excluding carboxylic acids is 2. The highest BCUT2D eigenvalue weighted by atomic mass is 16.5. The van der Waals surface area contributed by atoms with E-state index < -0.39 is 5.92 Å². The van der Waals surface area contributed by atoms with Gasteiger partial charge in [-0.3, -0.25) is 14.7 Å². The van der Waals surface area contributed by atoms with Crippen LogP contribution in [0.4, 0.5) is 21.9 Å². The Labute approximate surface area is 222 Å². The van der Waals surface area contributed by atoms with E-state index >= 15 is 0 Å². The number of aliphatic imine (C=N–C) groups is 1. The number of urea groups is 1. The van der Waals surface area contributed by atoms with E-state index in [0.717, 1.165) is 42.7 Å². The molecule has 5 rings (SSSR count). The number of benzene rings is 3. The van der Waals surface area contributed by atoms with Gasteiger partial charge in [-0.1, -0.05) is 30.3 Å². The fraction of sp³-hybridized carbons (Fsp3) is 0.300. The summed E-state index contributed by atoms with van der Waals surface area (Å²) >= 11 is 0. The summed E-state index contributed by atoms with van der Waals surface area (Å²) < 4.78 is 10.9. The Morgan fingerprint density at radius 1 is 0.947 bits per heavy atom. The van der Waals surface area contributed by atoms with E-state index in [2.05, 4.69) is 5.32 Å². The molecular weight excluding hydrogens is 480 g/mol. The summed E-state index contributed by atoms with van der Waals surface area (Å²) in [7, 11) is 4.94. The zero-order chi connectivity index (χ0) is 26.6. The van der Waals surface area contributed by atoms with Gasteiger partial charge in [0.05, 0.1) is 25.6 Å². The summed E-state index contributed by atoms with van der Waals surface area (Å²) in [5.74, 6) is 0.298. The molecule has 0 saturated carbocycles. The molecule has 0 bridgehead atoms. The number of ether oxygens (including phenoxy) is 2. The molecule has 2 aliphatic heterocycles. The van der Waals surface area contributed by atoms with Gasteiger partial charge in [-0.2, -0.15) is 0 Å². The molecule has 3 amide bonds. The maximum atomic E-state index is 13.3. The molecule has 1 atom stereocenters. The van der Waals surface area contributed by atoms with Gasteiger partial charge < -0.3 is 19.7 Å². The second-order valence-corrected chi connectivity index (χ2v) is 9.49. The van der Waals surface area contributed by atoms with Crippen molar-refractivity contribution in [2.75, 3.05) is 44.6 Å². The molecule has 196 valence electrons. The number of carbonyl (C=O) groups is 2. The number of fused-ring (bicyclic) bond motifs is 1. The number of hydrogen-bond donors (Lipinski definition) is 1. The van der Waals surface area contributed by atoms with Gasteiger partial charge in [0.25, 0.3) is 0 Å². The van der Waals surface area contributed by atoms with Crippen LogP contribution in [0, 0.1) is 0 Å². The lowest BCUT2D eigenvalue weighted by molar-refractivity contribution is -0.115. The minimum absolute atomic E-state index is 0.00883. The highest BCUT2D eigenvalue weighted by molar-refractivity contribution is 6.24. The van der Waals surface area contributed by atoms with Gasteiger partial charge in [0, 0.05) is 37.6 Å². The summed E-state index contributed by atoms with van der Waals surface area (Å²) in [5.41, 5.74) is 4.40. The Balaban J connectivity index is 1.49. The number of anilines is 2. The summed E-state index contributed by atoms with van der Waals surface area (Å²) in [4.78, 5) is 34.8. The van der Waals surface area contributed by atoms with E-state index in [1.54, 1.807) is 32.2 Å². The predicted octanol–water partition coefficient (Wildman–Crippen LogP) is 5.60. The molecule has 1 fully saturated rings. The fourth-order valence-corrected chi connectivity index (χ4v) is 5.06. The van der Waals surface area contributed by atoms with Gasteiger partial charge in [0.1, 0.15) is 5.92 Å². The Kier molecular flexibility index (Phi) is 7.31. The molecule has 1 N–H and O–H groups in total. The highest BCUT2D eigenvalue weighted by Crippen LogP contribution is 2.42. The number of nitrogens with zero attached hydrogens (tertiary/aromatic N) is 3. The molecule has 2 heterocycles. The van der Waals surface area contributed by atoms with Crippen molar-refractivity contribution in [2.45, 2.75) is 25.2 Å². The number of piperidine rings is 1. The summed E-state index contributed by atoms with van der Waals surface area (Å²) in [6, 6.07) is 20.8. The normalized spacial score (nSPS) is 17.0. The third kappa shape index (κ3) is 4.94. The van der Waals surface area contributed by atoms with Crippen molar-refractivity contribution in [1.29, 1.82) is 0 Å². The van der Waals surface area contributed by atoms with Gasteiger partial charge in [-0.15, -0.1) is 0 Å². The lowest BCUT2D eigenvalue weighted by atomic mass is 9.90. The Hall–Kier alpha value is -4.33. The molecule has 1 saturated heterocycles. The lowest BCUT2D eigenvalue weighted by Crippen LogP contribution is -2.43. The minimum atomic E-state index is -0.629. The average molecular weight is 513 g/mol. The van der Waals surface area contributed by atoms with Crippen LogP contribution in [0.15, 0.2) is 71.7 Å². The molecule has 3 aromatic rings. The first-order valence-corrected chi connectivity index (χ1v) is 12.8. The van der Waals surface area contributed by atoms with Gasteiger partial charge in [-0.25, -0.2) is 4.79 Å². The second-order valence-electron chi connectivity index (χ2n) is 9.49. The number of nitrogens with one attached hydrogen (secondary N) is 1. The van der Waals surface area contributed by atoms with E-state index in [0.29, 0.717) is 28.6 Å². The van der Waals surface area contributed by atoms with Crippen molar-refractivity contribution in [3.63, 3.8) is 0 Å². The fourth-order valence-electron chi connectivity index (χ4n) is 5.06. The standard InChI is InChI=1S/C30H32N4O4/c1-33(30(36)34-16-8-5-9-17-34)22-14-12-21(13-15-22)31-28(20-10-6-4-7-11-20)27-23-18-25(37-2)26(38-3)19-24(23)32-29(27)35/h4,6-7,10-15,18-19,27H,5,8-9,16-17H2,1-3H3,(H,32,35). The largest absolute Gasteiger partial charge is 0.493 e. The molecule has 0 spiro atoms. The highest BCUT2D eigenvalue weighted by Gasteiger charge is 2.36. The van der Waals surface area contributed by atoms with Crippen LogP contribution in [0.1, 0.15) is 36.3 Å². The molecule has 0 aliphatic carbocycles. The molecule has 8 nitrogen and oxygen atoms in total. The van der Waals surface area contributed by atoms with Crippen molar-refractivity contribution < 1.29 is 19.1 Å². The van der Waals surface area contributed by atoms with Crippen molar-refractivity contribution in [3.05, 3.63) is 77.9 Å². The third-order valence-electron chi connectivity index (χ3n) is 7.13. The minimum Gasteiger partial charge on any atom is -0.493 e. The van der Waals surface area contributed by atoms with Crippen molar-refractivity contribution in [2.24, 2.45) is 4.99 Å². The van der Waals surface area contributed by atoms with Crippen LogP contribution in [0.2, 0.25) is 0 Å². The zero-order valence-corrected chi connectivity index (χ0v) is 21.9. The molecule has 0 aromatic heterocycles. The van der Waals surface area contributed by atoms with Crippen LogP contribution in [0.3, 0.4) is 0 Å². The molecule has 1 unspecified atom stereocenters. The van der Waals surface area contributed by atoms with Gasteiger partial charge in [0.2, 0.25) is 5.91 Å². The summed E-state index contributed by atoms with van der Waals surface area (Å²) in [6.45, 7) is 1.60. The third-order valence-corrected chi connectivity index (χ3v) is 7.13. The first kappa shape index (κ1) is 25.3. The number of rotatable bonds is 6. The van der Waals surface area contributed by atoms with Gasteiger partial charge in [0.15, 0.2) is 11.5 Å². The van der Waals surface area contributed by atoms with Crippen molar-refractivity contribution >= 4 is 34.7 Å². The predicted molar refractivity (Wildman–Crippen MR) is 149 cm³/mol. The first-order valence-electron chi connectivity index (χ1n) is 12.8. The van der Waals surface area contributed by atoms with E-state index in [-0.39, 0.29) is 11.9 Å². The number of hydrogen-bond acceptors (Lipinski definition) is 5. The maximum Gasteiger partial charge on any atom is 0.324 e. The summed E-state index contributed by atoms with van der Waals surface area (Å²) in [5, 5.41) is 2.97. The Bertz CT molecular complexity index is 1350. The molecular formula is C30H32N4O4. The second kappa shape index (κ2) is 11.0. The zero-order valence-electron chi connectivity index (χ0n) is 21.9. The molecule has 8 heteroatoms. The van der Waals surface area contributed by atoms with E-state index in [9.17, 15) is 9.59 Å². The van der Waals surface area contributed by atoms with Crippen LogP contribution in [-0.4, -0.2) is 56.9 Å². The van der Waals surface area contributed by atoms with Crippen LogP contribution in [0.25, 0.3) is 0 Å². The SMILES string of the molecule is COc1cc2c(cc1OC)C(C(=Nc1ccc(N(C)C(=O)N3CCCCC3)cc1)c1ccccc1)C(=O)N2. The molecule has 0 radical (unpaired) electrons. The van der Waals surface area contributed by atoms with E-state index in [1.807, 2.05) is 65.6 Å². The number of methoxy groups -OCH3 is 2. The van der Waals surface area contributed by atoms with Gasteiger partial charge >= 0.3 is 6.03 Å². The van der Waals surface area contributed by atoms with E-state index in [4.69, 9.17) is 14.5 Å². The molecule has 38 heavy (non-hydrogen) atoms. The first-order chi connectivity index (χ1) is 18.5. The average Bonchev–Trinajstić information content (AvgIpc) is 3.29. The van der Waals surface area contributed by atoms with Crippen LogP contribution in [-0.2, 0) is 4.79 Å². The smallest absolute Gasteiger partial charge is 0.324 e. The Morgan fingerprint density at radius 3 is 2.26 bits per heavy atom. The quantitative estimate of drug-likeness (QED) is 0.436. The number of likely N-dealkylation sites (tertiary alicyclic amines) is 1. The summed E-state index contributed by atoms with van der Waals surface area (Å²) in [6.07, 6.45) is 3.27. The van der Waals surface area contributed by atoms with Gasteiger partial charge in [-0.05, 0) is 60.7 Å². The van der Waals surface area contributed by atoms with E-state index in [1.165, 1.54) is 6.42 Å². The number of amides is 3. The van der Waals surface area contributed by atoms with Crippen molar-refractivity contribution in [3.8, 4) is 11.5 Å². The monoisotopic (exact) mass is 512 g/mol. The Morgan fingerprint density at radius 2 is 1.61 bits per heavy atom. The van der Waals surface area contributed by atoms with Crippen LogP contribution in [0.5, 0.6) is 11.5 Å². The maximum absolute atomic E-state index is 13.3.